The van der Waals surface area contributed by atoms with Gasteiger partial charge in [0.25, 0.3) is 0 Å². The highest BCUT2D eigenvalue weighted by atomic mass is 35.5. The predicted octanol–water partition coefficient (Wildman–Crippen LogP) is 2.56. The molecule has 3 aromatic rings. The number of aryl methyl sites for hydroxylation is 1. The molecule has 8 heteroatoms. The maximum atomic E-state index is 6.21. The van der Waals surface area contributed by atoms with E-state index in [1.165, 1.54) is 0 Å². The molecule has 0 unspecified atom stereocenters. The van der Waals surface area contributed by atoms with Crippen LogP contribution in [-0.2, 0) is 6.42 Å². The van der Waals surface area contributed by atoms with Crippen molar-refractivity contribution in [3.8, 4) is 0 Å². The van der Waals surface area contributed by atoms with Crippen LogP contribution in [0.5, 0.6) is 0 Å². The summed E-state index contributed by atoms with van der Waals surface area (Å²) in [6.45, 7) is 5.71. The van der Waals surface area contributed by atoms with Gasteiger partial charge < -0.3 is 10.2 Å². The van der Waals surface area contributed by atoms with Crippen LogP contribution in [0.15, 0.2) is 12.1 Å². The third-order valence-corrected chi connectivity index (χ3v) is 4.87. The summed E-state index contributed by atoms with van der Waals surface area (Å²) < 4.78 is 2.04. The number of halogens is 2. The van der Waals surface area contributed by atoms with Gasteiger partial charge in [-0.05, 0) is 12.1 Å². The van der Waals surface area contributed by atoms with Crippen molar-refractivity contribution in [3.63, 3.8) is 0 Å². The minimum Gasteiger partial charge on any atom is -0.351 e. The Balaban J connectivity index is 2.05. The van der Waals surface area contributed by atoms with Crippen molar-refractivity contribution in [1.82, 2.24) is 24.9 Å². The van der Waals surface area contributed by atoms with Crippen LogP contribution in [0.3, 0.4) is 0 Å². The monoisotopic (exact) mass is 350 g/mol. The Morgan fingerprint density at radius 3 is 2.61 bits per heavy atom. The van der Waals surface area contributed by atoms with Gasteiger partial charge in [-0.3, -0.25) is 4.40 Å². The zero-order valence-electron chi connectivity index (χ0n) is 12.7. The van der Waals surface area contributed by atoms with E-state index in [2.05, 4.69) is 27.3 Å². The fraction of sp³-hybridized carbons (Fsp3) is 0.400. The molecule has 1 aliphatic heterocycles. The Hall–Kier alpha value is -1.63. The molecule has 1 N–H and O–H groups in total. The van der Waals surface area contributed by atoms with E-state index in [0.29, 0.717) is 10.0 Å². The van der Waals surface area contributed by atoms with Crippen LogP contribution in [0.1, 0.15) is 12.7 Å². The van der Waals surface area contributed by atoms with Gasteiger partial charge in [0.2, 0.25) is 5.65 Å². The summed E-state index contributed by atoms with van der Waals surface area (Å²) >= 11 is 12.4. The quantitative estimate of drug-likeness (QED) is 0.769. The molecule has 0 amide bonds. The maximum Gasteiger partial charge on any atom is 0.204 e. The third kappa shape index (κ3) is 2.41. The van der Waals surface area contributed by atoms with Gasteiger partial charge in [0, 0.05) is 32.6 Å². The number of benzene rings is 1. The molecule has 1 aliphatic rings. The molecule has 2 aromatic heterocycles. The Morgan fingerprint density at radius 1 is 1.13 bits per heavy atom. The molecular formula is C15H16Cl2N6. The number of hydrogen-bond acceptors (Lipinski definition) is 5. The highest BCUT2D eigenvalue weighted by Crippen LogP contribution is 2.31. The zero-order valence-corrected chi connectivity index (χ0v) is 14.2. The lowest BCUT2D eigenvalue weighted by molar-refractivity contribution is 0.586. The summed E-state index contributed by atoms with van der Waals surface area (Å²) in [5.74, 6) is 1.74. The Morgan fingerprint density at radius 2 is 1.87 bits per heavy atom. The molecule has 1 saturated heterocycles. The number of aromatic nitrogens is 4. The van der Waals surface area contributed by atoms with Crippen LogP contribution in [0.2, 0.25) is 10.0 Å². The van der Waals surface area contributed by atoms with Crippen molar-refractivity contribution >= 4 is 45.7 Å². The molecule has 0 spiro atoms. The second-order valence-corrected chi connectivity index (χ2v) is 6.37. The minimum atomic E-state index is 0.503. The molecule has 23 heavy (non-hydrogen) atoms. The van der Waals surface area contributed by atoms with Crippen LogP contribution in [0.25, 0.3) is 16.7 Å². The predicted molar refractivity (Wildman–Crippen MR) is 92.8 cm³/mol. The first kappa shape index (κ1) is 14.9. The second kappa shape index (κ2) is 5.78. The van der Waals surface area contributed by atoms with Crippen molar-refractivity contribution in [2.45, 2.75) is 13.3 Å². The molecule has 4 rings (SSSR count). The van der Waals surface area contributed by atoms with E-state index in [-0.39, 0.29) is 0 Å². The van der Waals surface area contributed by atoms with Crippen molar-refractivity contribution in [1.29, 1.82) is 0 Å². The molecular weight excluding hydrogens is 335 g/mol. The number of piperazine rings is 1. The molecule has 0 saturated carbocycles. The first-order valence-electron chi connectivity index (χ1n) is 7.67. The number of rotatable bonds is 2. The Labute approximate surface area is 143 Å². The van der Waals surface area contributed by atoms with E-state index in [9.17, 15) is 0 Å². The normalized spacial score (nSPS) is 15.7. The van der Waals surface area contributed by atoms with E-state index >= 15 is 0 Å². The standard InChI is InChI=1S/C15H16Cl2N6/c1-2-13-20-21-15-14(22-5-3-18-4-6-22)19-11-7-9(16)10(17)8-12(11)23(13)15/h7-8,18H,2-6H2,1H3. The van der Waals surface area contributed by atoms with Crippen LogP contribution < -0.4 is 10.2 Å². The topological polar surface area (TPSA) is 58.4 Å². The molecule has 1 aromatic carbocycles. The second-order valence-electron chi connectivity index (χ2n) is 5.56. The van der Waals surface area contributed by atoms with Crippen LogP contribution in [0.4, 0.5) is 5.82 Å². The summed E-state index contributed by atoms with van der Waals surface area (Å²) in [6, 6.07) is 3.65. The smallest absolute Gasteiger partial charge is 0.204 e. The Bertz CT molecular complexity index is 885. The van der Waals surface area contributed by atoms with Gasteiger partial charge in [-0.1, -0.05) is 30.1 Å². The van der Waals surface area contributed by atoms with Crippen molar-refractivity contribution in [2.75, 3.05) is 31.1 Å². The number of fused-ring (bicyclic) bond motifs is 3. The SMILES string of the molecule is CCc1nnc2c(N3CCNCC3)nc3cc(Cl)c(Cl)cc3n12. The minimum absolute atomic E-state index is 0.503. The van der Waals surface area contributed by atoms with Gasteiger partial charge in [0.05, 0.1) is 21.1 Å². The summed E-state index contributed by atoms with van der Waals surface area (Å²) in [6.07, 6.45) is 0.779. The lowest BCUT2D eigenvalue weighted by Crippen LogP contribution is -2.44. The van der Waals surface area contributed by atoms with Gasteiger partial charge in [-0.25, -0.2) is 4.98 Å². The van der Waals surface area contributed by atoms with Crippen molar-refractivity contribution in [2.24, 2.45) is 0 Å². The molecule has 0 atom stereocenters. The van der Waals surface area contributed by atoms with E-state index in [4.69, 9.17) is 28.2 Å². The number of hydrogen-bond donors (Lipinski definition) is 1. The number of nitrogens with one attached hydrogen (secondary N) is 1. The Kier molecular flexibility index (Phi) is 3.75. The summed E-state index contributed by atoms with van der Waals surface area (Å²) in [5, 5.41) is 13.1. The summed E-state index contributed by atoms with van der Waals surface area (Å²) in [4.78, 5) is 7.05. The number of anilines is 1. The maximum absolute atomic E-state index is 6.21. The summed E-state index contributed by atoms with van der Waals surface area (Å²) in [5.41, 5.74) is 2.46. The van der Waals surface area contributed by atoms with E-state index < -0.39 is 0 Å². The largest absolute Gasteiger partial charge is 0.351 e. The van der Waals surface area contributed by atoms with Gasteiger partial charge in [-0.15, -0.1) is 10.2 Å². The lowest BCUT2D eigenvalue weighted by atomic mass is 10.2. The van der Waals surface area contributed by atoms with E-state index in [0.717, 1.165) is 60.9 Å². The van der Waals surface area contributed by atoms with Crippen LogP contribution in [-0.4, -0.2) is 45.8 Å². The van der Waals surface area contributed by atoms with Gasteiger partial charge in [0.1, 0.15) is 5.82 Å². The molecule has 3 heterocycles. The molecule has 0 bridgehead atoms. The third-order valence-electron chi connectivity index (χ3n) is 4.15. The fourth-order valence-electron chi connectivity index (χ4n) is 2.99. The number of nitrogens with zero attached hydrogens (tertiary/aromatic N) is 5. The molecule has 0 aliphatic carbocycles. The average molecular weight is 351 g/mol. The molecule has 1 fully saturated rings. The zero-order chi connectivity index (χ0) is 16.0. The fourth-order valence-corrected chi connectivity index (χ4v) is 3.31. The van der Waals surface area contributed by atoms with Gasteiger partial charge in [-0.2, -0.15) is 0 Å². The molecule has 120 valence electrons. The first-order valence-corrected chi connectivity index (χ1v) is 8.43. The van der Waals surface area contributed by atoms with Crippen molar-refractivity contribution < 1.29 is 0 Å². The van der Waals surface area contributed by atoms with Gasteiger partial charge in [0.15, 0.2) is 5.82 Å². The highest BCUT2D eigenvalue weighted by Gasteiger charge is 2.21. The highest BCUT2D eigenvalue weighted by molar-refractivity contribution is 6.42. The van der Waals surface area contributed by atoms with E-state index in [1.54, 1.807) is 0 Å². The first-order chi connectivity index (χ1) is 11.2. The average Bonchev–Trinajstić information content (AvgIpc) is 3.00. The van der Waals surface area contributed by atoms with Crippen molar-refractivity contribution in [3.05, 3.63) is 28.0 Å². The van der Waals surface area contributed by atoms with E-state index in [1.807, 2.05) is 16.5 Å². The van der Waals surface area contributed by atoms with Crippen LogP contribution in [0, 0.1) is 0 Å². The van der Waals surface area contributed by atoms with Crippen LogP contribution >= 0.6 is 23.2 Å². The lowest BCUT2D eigenvalue weighted by Gasteiger charge is -2.28. The summed E-state index contributed by atoms with van der Waals surface area (Å²) in [7, 11) is 0. The molecule has 0 radical (unpaired) electrons. The molecule has 6 nitrogen and oxygen atoms in total. The van der Waals surface area contributed by atoms with Gasteiger partial charge >= 0.3 is 0 Å².